The monoisotopic (exact) mass is 436 g/mol. The van der Waals surface area contributed by atoms with Crippen molar-refractivity contribution in [3.8, 4) is 0 Å². The van der Waals surface area contributed by atoms with E-state index in [1.165, 1.54) is 4.90 Å². The molecular weight excluding hydrogens is 412 g/mol. The highest BCUT2D eigenvalue weighted by Gasteiger charge is 2.39. The quantitative estimate of drug-likeness (QED) is 0.669. The molecule has 2 aliphatic rings. The molecule has 166 valence electrons. The van der Waals surface area contributed by atoms with Gasteiger partial charge < -0.3 is 14.7 Å². The van der Waals surface area contributed by atoms with Crippen molar-refractivity contribution in [3.05, 3.63) is 71.3 Å². The topological polar surface area (TPSA) is 104 Å². The molecule has 1 aliphatic carbocycles. The van der Waals surface area contributed by atoms with Gasteiger partial charge in [-0.2, -0.15) is 0 Å². The number of carboxylic acids is 1. The predicted octanol–water partition coefficient (Wildman–Crippen LogP) is 3.17. The zero-order valence-electron chi connectivity index (χ0n) is 17.5. The zero-order chi connectivity index (χ0) is 22.7. The summed E-state index contributed by atoms with van der Waals surface area (Å²) in [6.45, 7) is 0.176. The first-order chi connectivity index (χ1) is 15.5. The van der Waals surface area contributed by atoms with Gasteiger partial charge in [-0.05, 0) is 37.0 Å². The molecule has 4 rings (SSSR count). The van der Waals surface area contributed by atoms with Crippen molar-refractivity contribution >= 4 is 23.9 Å². The molecule has 0 spiro atoms. The zero-order valence-corrected chi connectivity index (χ0v) is 17.5. The Hall–Kier alpha value is -3.68. The number of aliphatic carboxylic acids is 1. The second-order valence-corrected chi connectivity index (χ2v) is 8.04. The summed E-state index contributed by atoms with van der Waals surface area (Å²) >= 11 is 0. The van der Waals surface area contributed by atoms with Crippen LogP contribution in [0.2, 0.25) is 0 Å². The molecule has 2 atom stereocenters. The first kappa shape index (κ1) is 21.5. The van der Waals surface area contributed by atoms with Crippen LogP contribution >= 0.6 is 0 Å². The largest absolute Gasteiger partial charge is 0.481 e. The third-order valence-corrected chi connectivity index (χ3v) is 6.08. The van der Waals surface area contributed by atoms with Gasteiger partial charge in [0.05, 0.1) is 17.0 Å². The van der Waals surface area contributed by atoms with E-state index in [2.05, 4.69) is 0 Å². The Bertz CT molecular complexity index is 1000. The van der Waals surface area contributed by atoms with Gasteiger partial charge >= 0.3 is 12.1 Å². The lowest BCUT2D eigenvalue weighted by molar-refractivity contribution is -0.141. The van der Waals surface area contributed by atoms with E-state index in [0.717, 1.165) is 10.5 Å². The lowest BCUT2D eigenvalue weighted by Gasteiger charge is -2.29. The fourth-order valence-corrected chi connectivity index (χ4v) is 4.34. The fraction of sp³-hybridized carbons (Fsp3) is 0.333. The molecule has 1 fully saturated rings. The molecule has 8 heteroatoms. The van der Waals surface area contributed by atoms with Gasteiger partial charge in [0.15, 0.2) is 0 Å². The predicted molar refractivity (Wildman–Crippen MR) is 114 cm³/mol. The third-order valence-electron chi connectivity index (χ3n) is 6.08. The van der Waals surface area contributed by atoms with Crippen LogP contribution in [-0.2, 0) is 16.1 Å². The van der Waals surface area contributed by atoms with Gasteiger partial charge in [-0.15, -0.1) is 0 Å². The van der Waals surface area contributed by atoms with Gasteiger partial charge in [-0.1, -0.05) is 42.5 Å². The van der Waals surface area contributed by atoms with Crippen molar-refractivity contribution < 1.29 is 29.0 Å². The average molecular weight is 436 g/mol. The highest BCUT2D eigenvalue weighted by Crippen LogP contribution is 2.30. The molecular formula is C24H24N2O6. The molecule has 0 radical (unpaired) electrons. The summed E-state index contributed by atoms with van der Waals surface area (Å²) < 4.78 is 5.48. The number of benzene rings is 2. The number of carboxylic acid groups (broad SMARTS) is 1. The number of hydrogen-bond acceptors (Lipinski definition) is 5. The molecule has 1 N–H and O–H groups in total. The Balaban J connectivity index is 1.45. The van der Waals surface area contributed by atoms with Crippen molar-refractivity contribution in [2.75, 3.05) is 13.1 Å². The summed E-state index contributed by atoms with van der Waals surface area (Å²) in [7, 11) is 0. The average Bonchev–Trinajstić information content (AvgIpc) is 3.38. The van der Waals surface area contributed by atoms with Gasteiger partial charge in [-0.25, -0.2) is 4.79 Å². The number of carbonyl (C=O) groups is 4. The Morgan fingerprint density at radius 2 is 1.59 bits per heavy atom. The maximum atomic E-state index is 12.9. The van der Waals surface area contributed by atoms with Crippen molar-refractivity contribution in [2.45, 2.75) is 31.9 Å². The summed E-state index contributed by atoms with van der Waals surface area (Å²) in [6.07, 6.45) is 0.730. The molecule has 1 saturated carbocycles. The highest BCUT2D eigenvalue weighted by molar-refractivity contribution is 6.21. The van der Waals surface area contributed by atoms with Gasteiger partial charge in [0.2, 0.25) is 0 Å². The molecule has 32 heavy (non-hydrogen) atoms. The van der Waals surface area contributed by atoms with Crippen LogP contribution in [-0.4, -0.2) is 57.9 Å². The van der Waals surface area contributed by atoms with Gasteiger partial charge in [-0.3, -0.25) is 19.3 Å². The van der Waals surface area contributed by atoms with Crippen LogP contribution in [0.25, 0.3) is 0 Å². The van der Waals surface area contributed by atoms with Crippen LogP contribution < -0.4 is 0 Å². The van der Waals surface area contributed by atoms with Crippen LogP contribution in [0.15, 0.2) is 54.6 Å². The first-order valence-corrected chi connectivity index (χ1v) is 10.6. The van der Waals surface area contributed by atoms with Gasteiger partial charge in [0.1, 0.15) is 6.61 Å². The van der Waals surface area contributed by atoms with Crippen LogP contribution in [0.4, 0.5) is 4.79 Å². The first-order valence-electron chi connectivity index (χ1n) is 10.6. The van der Waals surface area contributed by atoms with Crippen LogP contribution in [0.5, 0.6) is 0 Å². The fourth-order valence-electron chi connectivity index (χ4n) is 4.34. The third kappa shape index (κ3) is 4.34. The Kier molecular flexibility index (Phi) is 6.20. The number of ether oxygens (including phenoxy) is 1. The number of rotatable bonds is 7. The molecule has 0 aromatic heterocycles. The van der Waals surface area contributed by atoms with E-state index < -0.39 is 29.8 Å². The molecule has 0 saturated heterocycles. The molecule has 0 bridgehead atoms. The minimum absolute atomic E-state index is 0.0149. The summed E-state index contributed by atoms with van der Waals surface area (Å²) in [4.78, 5) is 52.2. The van der Waals surface area contributed by atoms with Crippen molar-refractivity contribution in [1.29, 1.82) is 0 Å². The molecule has 2 unspecified atom stereocenters. The van der Waals surface area contributed by atoms with Gasteiger partial charge in [0, 0.05) is 19.1 Å². The van der Waals surface area contributed by atoms with Crippen LogP contribution in [0.1, 0.15) is 45.5 Å². The molecule has 2 aromatic rings. The van der Waals surface area contributed by atoms with E-state index in [0.29, 0.717) is 30.4 Å². The normalized spacial score (nSPS) is 19.7. The number of nitrogens with zero attached hydrogens (tertiary/aromatic N) is 2. The minimum Gasteiger partial charge on any atom is -0.481 e. The summed E-state index contributed by atoms with van der Waals surface area (Å²) in [5.41, 5.74) is 1.53. The van der Waals surface area contributed by atoms with E-state index in [4.69, 9.17) is 4.74 Å². The van der Waals surface area contributed by atoms with Crippen LogP contribution in [0.3, 0.4) is 0 Å². The molecule has 3 amide bonds. The van der Waals surface area contributed by atoms with Crippen LogP contribution in [0, 0.1) is 5.92 Å². The molecule has 2 aromatic carbocycles. The molecule has 8 nitrogen and oxygen atoms in total. The molecule has 1 aliphatic heterocycles. The Morgan fingerprint density at radius 1 is 0.969 bits per heavy atom. The lowest BCUT2D eigenvalue weighted by atomic mass is 10.1. The van der Waals surface area contributed by atoms with Crippen molar-refractivity contribution in [1.82, 2.24) is 9.80 Å². The minimum atomic E-state index is -0.884. The van der Waals surface area contributed by atoms with Crippen molar-refractivity contribution in [3.63, 3.8) is 0 Å². The van der Waals surface area contributed by atoms with Crippen molar-refractivity contribution in [2.24, 2.45) is 5.92 Å². The number of carbonyl (C=O) groups excluding carboxylic acids is 3. The SMILES string of the molecule is O=C(O)C1CCC(N(CCN2C(=O)c3ccccc3C2=O)C(=O)OCc2ccccc2)C1. The Morgan fingerprint density at radius 3 is 2.19 bits per heavy atom. The number of hydrogen-bond donors (Lipinski definition) is 1. The molecule has 1 heterocycles. The maximum absolute atomic E-state index is 12.9. The Labute approximate surface area is 185 Å². The second-order valence-electron chi connectivity index (χ2n) is 8.04. The summed E-state index contributed by atoms with van der Waals surface area (Å²) in [5.74, 6) is -2.19. The highest BCUT2D eigenvalue weighted by atomic mass is 16.6. The smallest absolute Gasteiger partial charge is 0.410 e. The lowest BCUT2D eigenvalue weighted by Crippen LogP contribution is -2.45. The second kappa shape index (κ2) is 9.21. The number of amides is 3. The summed E-state index contributed by atoms with van der Waals surface area (Å²) in [6, 6.07) is 15.5. The standard InChI is InChI=1S/C24H24N2O6/c27-21-19-8-4-5-9-20(19)22(28)26(21)13-12-25(18-11-10-17(14-18)23(29)30)24(31)32-15-16-6-2-1-3-7-16/h1-9,17-18H,10-15H2,(H,29,30). The van der Waals surface area contributed by atoms with E-state index in [9.17, 15) is 24.3 Å². The summed E-state index contributed by atoms with van der Waals surface area (Å²) in [5, 5.41) is 9.34. The maximum Gasteiger partial charge on any atom is 0.410 e. The van der Waals surface area contributed by atoms with E-state index in [1.54, 1.807) is 24.3 Å². The van der Waals surface area contributed by atoms with Gasteiger partial charge in [0.25, 0.3) is 11.8 Å². The van der Waals surface area contributed by atoms with E-state index in [-0.39, 0.29) is 25.7 Å². The number of fused-ring (bicyclic) bond motifs is 1. The number of imide groups is 1. The van der Waals surface area contributed by atoms with E-state index >= 15 is 0 Å². The van der Waals surface area contributed by atoms with E-state index in [1.807, 2.05) is 30.3 Å².